The number of alkyl halides is 1. The summed E-state index contributed by atoms with van der Waals surface area (Å²) < 4.78 is 2.38. The van der Waals surface area contributed by atoms with Gasteiger partial charge < -0.3 is 0 Å². The molecule has 0 N–H and O–H groups in total. The zero-order valence-electron chi connectivity index (χ0n) is 16.4. The third-order valence-electron chi connectivity index (χ3n) is 5.35. The summed E-state index contributed by atoms with van der Waals surface area (Å²) >= 11 is -1.77. The van der Waals surface area contributed by atoms with Gasteiger partial charge in [0.2, 0.25) is 0 Å². The Morgan fingerprint density at radius 1 is 0.586 bits per heavy atom. The van der Waals surface area contributed by atoms with Crippen LogP contribution in [0.4, 0.5) is 0 Å². The normalized spacial score (nSPS) is 11.9. The molecular formula is C27H24ClI. The summed E-state index contributed by atoms with van der Waals surface area (Å²) in [5, 5.41) is 0. The molecular weight excluding hydrogens is 487 g/mol. The fourth-order valence-electron chi connectivity index (χ4n) is 4.12. The van der Waals surface area contributed by atoms with Crippen molar-refractivity contribution in [2.75, 3.05) is 4.43 Å². The molecule has 0 aliphatic carbocycles. The van der Waals surface area contributed by atoms with Crippen molar-refractivity contribution in [1.29, 1.82) is 0 Å². The molecule has 4 aromatic carbocycles. The molecule has 0 saturated heterocycles. The maximum atomic E-state index is 7.02. The van der Waals surface area contributed by atoms with Crippen LogP contribution in [0.3, 0.4) is 0 Å². The zero-order valence-corrected chi connectivity index (χ0v) is 19.3. The van der Waals surface area contributed by atoms with Crippen LogP contribution in [0.5, 0.6) is 0 Å². The van der Waals surface area contributed by atoms with E-state index in [4.69, 9.17) is 8.91 Å². The van der Waals surface area contributed by atoms with Crippen LogP contribution in [0.1, 0.15) is 29.2 Å². The van der Waals surface area contributed by atoms with Crippen LogP contribution >= 0.6 is 27.6 Å². The Hall–Kier alpha value is -2.10. The first-order chi connectivity index (χ1) is 14.3. The number of benzene rings is 4. The first kappa shape index (κ1) is 20.2. The first-order valence-corrected chi connectivity index (χ1v) is 15.2. The SMILES string of the molecule is CCI(Cl)c1ccccc1C(c1ccccc1)(c1ccccc1)c1ccccc1. The second kappa shape index (κ2) is 9.15. The fraction of sp³-hybridized carbons (Fsp3) is 0.111. The Labute approximate surface area is 184 Å². The molecule has 2 heteroatoms. The summed E-state index contributed by atoms with van der Waals surface area (Å²) in [5.74, 6) is 0. The van der Waals surface area contributed by atoms with E-state index in [1.807, 2.05) is 0 Å². The number of hydrogen-bond donors (Lipinski definition) is 0. The predicted molar refractivity (Wildman–Crippen MR) is 134 cm³/mol. The van der Waals surface area contributed by atoms with Gasteiger partial charge in [-0.25, -0.2) is 0 Å². The van der Waals surface area contributed by atoms with Gasteiger partial charge in [0.1, 0.15) is 0 Å². The first-order valence-electron chi connectivity index (χ1n) is 9.87. The molecule has 0 amide bonds. The second-order valence-electron chi connectivity index (χ2n) is 6.90. The summed E-state index contributed by atoms with van der Waals surface area (Å²) in [6.45, 7) is 2.21. The molecule has 0 radical (unpaired) electrons. The molecule has 0 bridgehead atoms. The van der Waals surface area contributed by atoms with E-state index in [9.17, 15) is 0 Å². The van der Waals surface area contributed by atoms with Gasteiger partial charge in [-0.1, -0.05) is 0 Å². The molecule has 4 aromatic rings. The zero-order chi connectivity index (χ0) is 20.1. The Bertz CT molecular complexity index is 949. The second-order valence-corrected chi connectivity index (χ2v) is 13.6. The molecule has 0 atom stereocenters. The summed E-state index contributed by atoms with van der Waals surface area (Å²) in [6, 6.07) is 41.4. The van der Waals surface area contributed by atoms with E-state index in [0.29, 0.717) is 0 Å². The van der Waals surface area contributed by atoms with Gasteiger partial charge in [-0.15, -0.1) is 0 Å². The molecule has 0 aromatic heterocycles. The van der Waals surface area contributed by atoms with Gasteiger partial charge in [-0.2, -0.15) is 0 Å². The van der Waals surface area contributed by atoms with Crippen molar-refractivity contribution in [3.05, 3.63) is 141 Å². The molecule has 0 saturated carbocycles. The van der Waals surface area contributed by atoms with E-state index in [-0.39, 0.29) is 0 Å². The maximum absolute atomic E-state index is 7.02. The Balaban J connectivity index is 2.16. The van der Waals surface area contributed by atoms with Crippen molar-refractivity contribution in [3.8, 4) is 0 Å². The van der Waals surface area contributed by atoms with Crippen molar-refractivity contribution in [1.82, 2.24) is 0 Å². The van der Waals surface area contributed by atoms with Crippen molar-refractivity contribution in [2.24, 2.45) is 0 Å². The quantitative estimate of drug-likeness (QED) is 0.140. The molecule has 0 aliphatic rings. The van der Waals surface area contributed by atoms with E-state index in [0.717, 1.165) is 4.43 Å². The summed E-state index contributed by atoms with van der Waals surface area (Å²) in [6.07, 6.45) is 0. The van der Waals surface area contributed by atoms with Crippen molar-refractivity contribution in [2.45, 2.75) is 12.3 Å². The van der Waals surface area contributed by atoms with Crippen LogP contribution in [0, 0.1) is 3.57 Å². The van der Waals surface area contributed by atoms with E-state index < -0.39 is 24.1 Å². The van der Waals surface area contributed by atoms with Crippen LogP contribution in [0.2, 0.25) is 0 Å². The molecule has 146 valence electrons. The van der Waals surface area contributed by atoms with Gasteiger partial charge in [0.25, 0.3) is 0 Å². The van der Waals surface area contributed by atoms with Gasteiger partial charge in [-0.3, -0.25) is 0 Å². The van der Waals surface area contributed by atoms with Crippen molar-refractivity contribution < 1.29 is 0 Å². The standard InChI is InChI=1S/C27H24ClI/c1-2-29(28)26-21-13-12-20-25(26)27(22-14-6-3-7-15-22,23-16-8-4-9-17-23)24-18-10-5-11-19-24/h3-21H,2H2,1H3. The van der Waals surface area contributed by atoms with E-state index in [1.54, 1.807) is 0 Å². The number of hydrogen-bond acceptors (Lipinski definition) is 0. The van der Waals surface area contributed by atoms with Gasteiger partial charge in [0.05, 0.1) is 0 Å². The average molecular weight is 511 g/mol. The molecule has 0 aliphatic heterocycles. The molecule has 0 spiro atoms. The molecule has 0 heterocycles. The molecule has 29 heavy (non-hydrogen) atoms. The van der Waals surface area contributed by atoms with Crippen molar-refractivity contribution >= 4 is 27.6 Å². The van der Waals surface area contributed by atoms with Crippen LogP contribution in [0.25, 0.3) is 0 Å². The van der Waals surface area contributed by atoms with Crippen LogP contribution in [-0.4, -0.2) is 4.43 Å². The van der Waals surface area contributed by atoms with Gasteiger partial charge >= 0.3 is 185 Å². The third-order valence-corrected chi connectivity index (χ3v) is 11.3. The summed E-state index contributed by atoms with van der Waals surface area (Å²) in [4.78, 5) is 0. The van der Waals surface area contributed by atoms with Crippen molar-refractivity contribution in [3.63, 3.8) is 0 Å². The number of halogens is 2. The fourth-order valence-corrected chi connectivity index (χ4v) is 7.59. The molecule has 0 nitrogen and oxygen atoms in total. The topological polar surface area (TPSA) is 0 Å². The summed E-state index contributed by atoms with van der Waals surface area (Å²) in [5.41, 5.74) is 4.71. The van der Waals surface area contributed by atoms with Crippen LogP contribution in [0.15, 0.2) is 115 Å². The van der Waals surface area contributed by atoms with Crippen LogP contribution < -0.4 is 0 Å². The van der Waals surface area contributed by atoms with E-state index in [2.05, 4.69) is 122 Å². The van der Waals surface area contributed by atoms with Crippen LogP contribution in [-0.2, 0) is 5.41 Å². The van der Waals surface area contributed by atoms with Gasteiger partial charge in [-0.05, 0) is 0 Å². The summed E-state index contributed by atoms with van der Waals surface area (Å²) in [7, 11) is 7.02. The molecule has 0 fully saturated rings. The molecule has 0 unspecified atom stereocenters. The average Bonchev–Trinajstić information content (AvgIpc) is 2.82. The van der Waals surface area contributed by atoms with E-state index >= 15 is 0 Å². The Morgan fingerprint density at radius 2 is 0.966 bits per heavy atom. The predicted octanol–water partition coefficient (Wildman–Crippen LogP) is 7.92. The Morgan fingerprint density at radius 3 is 1.38 bits per heavy atom. The minimum atomic E-state index is -1.77. The van der Waals surface area contributed by atoms with Gasteiger partial charge in [0.15, 0.2) is 0 Å². The monoisotopic (exact) mass is 510 g/mol. The molecule has 4 rings (SSSR count). The minimum absolute atomic E-state index is 0.403. The Kier molecular flexibility index (Phi) is 6.37. The van der Waals surface area contributed by atoms with Gasteiger partial charge in [0, 0.05) is 0 Å². The van der Waals surface area contributed by atoms with E-state index in [1.165, 1.54) is 25.8 Å². The number of rotatable bonds is 6. The third kappa shape index (κ3) is 3.74.